The molecule has 1 rings (SSSR count). The third-order valence-corrected chi connectivity index (χ3v) is 1.90. The number of anilines is 2. The van der Waals surface area contributed by atoms with Crippen LogP contribution in [0.25, 0.3) is 0 Å². The van der Waals surface area contributed by atoms with Crippen LogP contribution in [0.4, 0.5) is 28.9 Å². The Balaban J connectivity index is 2.59. The molecule has 1 amide bonds. The lowest BCUT2D eigenvalue weighted by molar-refractivity contribution is -0.142. The summed E-state index contributed by atoms with van der Waals surface area (Å²) in [5.74, 6) is -1.66. The molecule has 0 aliphatic rings. The van der Waals surface area contributed by atoms with E-state index in [1.165, 1.54) is 6.07 Å². The van der Waals surface area contributed by atoms with Crippen LogP contribution < -0.4 is 11.1 Å². The lowest BCUT2D eigenvalue weighted by atomic mass is 10.2. The van der Waals surface area contributed by atoms with Gasteiger partial charge in [-0.25, -0.2) is 4.39 Å². The molecule has 0 saturated carbocycles. The minimum atomic E-state index is -4.41. The Kier molecular flexibility index (Phi) is 3.93. The van der Waals surface area contributed by atoms with Crippen molar-refractivity contribution in [2.75, 3.05) is 11.1 Å². The van der Waals surface area contributed by atoms with Crippen molar-refractivity contribution in [1.29, 1.82) is 0 Å². The van der Waals surface area contributed by atoms with E-state index in [0.717, 1.165) is 12.1 Å². The first-order valence-electron chi connectivity index (χ1n) is 4.69. The molecule has 0 spiro atoms. The number of hydrogen-bond acceptors (Lipinski definition) is 2. The smallest absolute Gasteiger partial charge is 0.389 e. The zero-order chi connectivity index (χ0) is 13.1. The highest BCUT2D eigenvalue weighted by atomic mass is 19.4. The Morgan fingerprint density at radius 3 is 2.59 bits per heavy atom. The zero-order valence-electron chi connectivity index (χ0n) is 8.64. The molecule has 17 heavy (non-hydrogen) atoms. The fraction of sp³-hybridized carbons (Fsp3) is 0.300. The summed E-state index contributed by atoms with van der Waals surface area (Å²) in [5, 5.41) is 2.03. The number of rotatable bonds is 3. The molecular formula is C10H10F4N2O. The maximum atomic E-state index is 13.1. The monoisotopic (exact) mass is 250 g/mol. The molecule has 0 heterocycles. The van der Waals surface area contributed by atoms with Gasteiger partial charge in [0.25, 0.3) is 0 Å². The molecule has 0 bridgehead atoms. The van der Waals surface area contributed by atoms with Crippen LogP contribution in [0.3, 0.4) is 0 Å². The molecule has 0 atom stereocenters. The molecule has 0 aliphatic carbocycles. The summed E-state index contributed by atoms with van der Waals surface area (Å²) in [5.41, 5.74) is 5.33. The Morgan fingerprint density at radius 1 is 1.35 bits per heavy atom. The van der Waals surface area contributed by atoms with Gasteiger partial charge >= 0.3 is 6.18 Å². The lowest BCUT2D eigenvalue weighted by Crippen LogP contribution is -2.17. The van der Waals surface area contributed by atoms with Crippen LogP contribution in [0.2, 0.25) is 0 Å². The van der Waals surface area contributed by atoms with Crippen LogP contribution in [-0.4, -0.2) is 12.1 Å². The van der Waals surface area contributed by atoms with E-state index in [1.54, 1.807) is 0 Å². The van der Waals surface area contributed by atoms with Crippen molar-refractivity contribution in [2.24, 2.45) is 0 Å². The lowest BCUT2D eigenvalue weighted by Gasteiger charge is -2.08. The summed E-state index contributed by atoms with van der Waals surface area (Å²) in [6.07, 6.45) is -6.41. The van der Waals surface area contributed by atoms with Gasteiger partial charge in [0, 0.05) is 12.1 Å². The van der Waals surface area contributed by atoms with Crippen LogP contribution in [0.5, 0.6) is 0 Å². The van der Waals surface area contributed by atoms with E-state index in [4.69, 9.17) is 5.73 Å². The second kappa shape index (κ2) is 5.03. The van der Waals surface area contributed by atoms with E-state index >= 15 is 0 Å². The number of nitrogen functional groups attached to an aromatic ring is 1. The van der Waals surface area contributed by atoms with Gasteiger partial charge in [-0.05, 0) is 18.2 Å². The first-order chi connectivity index (χ1) is 7.78. The van der Waals surface area contributed by atoms with Gasteiger partial charge in [-0.15, -0.1) is 0 Å². The number of halogens is 4. The van der Waals surface area contributed by atoms with Crippen LogP contribution in [0.15, 0.2) is 18.2 Å². The first-order valence-corrected chi connectivity index (χ1v) is 4.69. The van der Waals surface area contributed by atoms with Gasteiger partial charge in [-0.1, -0.05) is 0 Å². The third-order valence-electron chi connectivity index (χ3n) is 1.90. The summed E-state index contributed by atoms with van der Waals surface area (Å²) in [6.45, 7) is 0. The molecule has 1 aromatic rings. The molecule has 0 aliphatic heterocycles. The number of carbonyl (C=O) groups is 1. The average molecular weight is 250 g/mol. The third kappa shape index (κ3) is 4.71. The summed E-state index contributed by atoms with van der Waals surface area (Å²) in [6, 6.07) is 3.44. The van der Waals surface area contributed by atoms with Crippen LogP contribution >= 0.6 is 0 Å². The zero-order valence-corrected chi connectivity index (χ0v) is 8.64. The Bertz CT molecular complexity index is 417. The maximum absolute atomic E-state index is 13.1. The van der Waals surface area contributed by atoms with Crippen LogP contribution in [0.1, 0.15) is 12.8 Å². The number of alkyl halides is 3. The summed E-state index contributed by atoms with van der Waals surface area (Å²) < 4.78 is 48.6. The predicted octanol–water partition coefficient (Wildman–Crippen LogP) is 2.69. The molecule has 3 N–H and O–H groups in total. The quantitative estimate of drug-likeness (QED) is 0.640. The van der Waals surface area contributed by atoms with Gasteiger partial charge in [0.05, 0.1) is 12.1 Å². The highest BCUT2D eigenvalue weighted by Crippen LogP contribution is 2.22. The van der Waals surface area contributed by atoms with Crippen molar-refractivity contribution >= 4 is 17.3 Å². The number of amides is 1. The summed E-state index contributed by atoms with van der Waals surface area (Å²) in [4.78, 5) is 11.1. The molecule has 7 heteroatoms. The molecule has 0 unspecified atom stereocenters. The van der Waals surface area contributed by atoms with Crippen molar-refractivity contribution in [1.82, 2.24) is 0 Å². The topological polar surface area (TPSA) is 55.1 Å². The second-order valence-corrected chi connectivity index (χ2v) is 3.40. The number of nitrogens with two attached hydrogens (primary N) is 1. The van der Waals surface area contributed by atoms with Gasteiger partial charge in [-0.3, -0.25) is 4.79 Å². The number of carbonyl (C=O) groups excluding carboxylic acids is 1. The Morgan fingerprint density at radius 2 is 2.00 bits per heavy atom. The standard InChI is InChI=1S/C10H10F4N2O/c11-7-2-1-6(15)5-8(7)16-9(17)3-4-10(12,13)14/h1-2,5H,3-4,15H2,(H,16,17). The molecule has 0 fully saturated rings. The van der Waals surface area contributed by atoms with Crippen molar-refractivity contribution in [2.45, 2.75) is 19.0 Å². The fourth-order valence-corrected chi connectivity index (χ4v) is 1.11. The predicted molar refractivity (Wildman–Crippen MR) is 54.7 cm³/mol. The summed E-state index contributed by atoms with van der Waals surface area (Å²) in [7, 11) is 0. The average Bonchev–Trinajstić information content (AvgIpc) is 2.20. The Hall–Kier alpha value is -1.79. The molecule has 0 radical (unpaired) electrons. The highest BCUT2D eigenvalue weighted by Gasteiger charge is 2.27. The minimum absolute atomic E-state index is 0.206. The van der Waals surface area contributed by atoms with E-state index in [0.29, 0.717) is 0 Å². The van der Waals surface area contributed by atoms with Crippen LogP contribution in [0, 0.1) is 5.82 Å². The SMILES string of the molecule is Nc1ccc(F)c(NC(=O)CCC(F)(F)F)c1. The molecule has 0 aromatic heterocycles. The molecular weight excluding hydrogens is 240 g/mol. The van der Waals surface area contributed by atoms with Gasteiger partial charge in [0.1, 0.15) is 5.82 Å². The number of hydrogen-bond donors (Lipinski definition) is 2. The first kappa shape index (κ1) is 13.3. The molecule has 0 saturated heterocycles. The normalized spacial score (nSPS) is 11.3. The van der Waals surface area contributed by atoms with E-state index in [2.05, 4.69) is 0 Å². The highest BCUT2D eigenvalue weighted by molar-refractivity contribution is 5.91. The van der Waals surface area contributed by atoms with Crippen LogP contribution in [-0.2, 0) is 4.79 Å². The maximum Gasteiger partial charge on any atom is 0.389 e. The van der Waals surface area contributed by atoms with Crippen molar-refractivity contribution in [3.05, 3.63) is 24.0 Å². The number of benzene rings is 1. The molecule has 1 aromatic carbocycles. The second-order valence-electron chi connectivity index (χ2n) is 3.40. The van der Waals surface area contributed by atoms with Gasteiger partial charge in [0.15, 0.2) is 0 Å². The van der Waals surface area contributed by atoms with Gasteiger partial charge in [0.2, 0.25) is 5.91 Å². The summed E-state index contributed by atoms with van der Waals surface area (Å²) >= 11 is 0. The Labute approximate surface area is 94.6 Å². The minimum Gasteiger partial charge on any atom is -0.399 e. The van der Waals surface area contributed by atoms with Crippen molar-refractivity contribution in [3.8, 4) is 0 Å². The molecule has 3 nitrogen and oxygen atoms in total. The van der Waals surface area contributed by atoms with Gasteiger partial charge < -0.3 is 11.1 Å². The number of nitrogens with one attached hydrogen (secondary N) is 1. The fourth-order valence-electron chi connectivity index (χ4n) is 1.11. The van der Waals surface area contributed by atoms with Gasteiger partial charge in [-0.2, -0.15) is 13.2 Å². The van der Waals surface area contributed by atoms with E-state index in [-0.39, 0.29) is 11.4 Å². The largest absolute Gasteiger partial charge is 0.399 e. The molecule has 94 valence electrons. The van der Waals surface area contributed by atoms with E-state index in [9.17, 15) is 22.4 Å². The van der Waals surface area contributed by atoms with Crippen molar-refractivity contribution in [3.63, 3.8) is 0 Å². The van der Waals surface area contributed by atoms with E-state index in [1.807, 2.05) is 5.32 Å². The van der Waals surface area contributed by atoms with Crippen molar-refractivity contribution < 1.29 is 22.4 Å². The van der Waals surface area contributed by atoms with E-state index < -0.39 is 30.7 Å².